The second-order valence-corrected chi connectivity index (χ2v) is 6.34. The lowest BCUT2D eigenvalue weighted by atomic mass is 9.96. The van der Waals surface area contributed by atoms with Gasteiger partial charge in [-0.3, -0.25) is 0 Å². The summed E-state index contributed by atoms with van der Waals surface area (Å²) in [5, 5.41) is 3.67. The van der Waals surface area contributed by atoms with E-state index in [-0.39, 0.29) is 0 Å². The van der Waals surface area contributed by atoms with Gasteiger partial charge in [-0.25, -0.2) is 0 Å². The van der Waals surface area contributed by atoms with Crippen molar-refractivity contribution >= 4 is 15.9 Å². The van der Waals surface area contributed by atoms with Crippen LogP contribution in [0.4, 0.5) is 0 Å². The zero-order chi connectivity index (χ0) is 13.9. The molecule has 0 heterocycles. The molecule has 0 amide bonds. The van der Waals surface area contributed by atoms with Crippen molar-refractivity contribution in [2.75, 3.05) is 6.54 Å². The summed E-state index contributed by atoms with van der Waals surface area (Å²) in [6, 6.07) is 15.9. The minimum absolute atomic E-state index is 0.539. The molecule has 1 aliphatic carbocycles. The number of halogens is 1. The first kappa shape index (κ1) is 13.8. The summed E-state index contributed by atoms with van der Waals surface area (Å²) in [5.41, 5.74) is 5.73. The molecule has 0 bridgehead atoms. The van der Waals surface area contributed by atoms with E-state index in [1.165, 1.54) is 41.5 Å². The Morgan fingerprint density at radius 3 is 2.85 bits per heavy atom. The number of nitrogens with one attached hydrogen (secondary N) is 1. The van der Waals surface area contributed by atoms with E-state index in [0.29, 0.717) is 6.04 Å². The molecule has 104 valence electrons. The zero-order valence-electron chi connectivity index (χ0n) is 11.8. The predicted molar refractivity (Wildman–Crippen MR) is 88.9 cm³/mol. The molecule has 1 nitrogen and oxygen atoms in total. The van der Waals surface area contributed by atoms with Gasteiger partial charge in [-0.1, -0.05) is 53.2 Å². The smallest absolute Gasteiger partial charge is 0.0326 e. The molecule has 0 aromatic heterocycles. The van der Waals surface area contributed by atoms with Crippen molar-refractivity contribution in [3.8, 4) is 11.1 Å². The molecule has 0 aliphatic heterocycles. The van der Waals surface area contributed by atoms with Crippen molar-refractivity contribution in [3.05, 3.63) is 58.1 Å². The van der Waals surface area contributed by atoms with E-state index in [4.69, 9.17) is 0 Å². The van der Waals surface area contributed by atoms with Gasteiger partial charge in [0.05, 0.1) is 0 Å². The first-order valence-electron chi connectivity index (χ1n) is 7.40. The van der Waals surface area contributed by atoms with Crippen LogP contribution in [0, 0.1) is 0 Å². The van der Waals surface area contributed by atoms with Crippen LogP contribution < -0.4 is 5.32 Å². The Labute approximate surface area is 129 Å². The third kappa shape index (κ3) is 2.68. The average molecular weight is 330 g/mol. The van der Waals surface area contributed by atoms with Crippen LogP contribution in [0.3, 0.4) is 0 Å². The number of hydrogen-bond donors (Lipinski definition) is 1. The van der Waals surface area contributed by atoms with Crippen LogP contribution in [0.25, 0.3) is 11.1 Å². The maximum Gasteiger partial charge on any atom is 0.0326 e. The third-order valence-corrected chi connectivity index (χ3v) is 4.54. The van der Waals surface area contributed by atoms with Gasteiger partial charge in [0.2, 0.25) is 0 Å². The summed E-state index contributed by atoms with van der Waals surface area (Å²) in [6.45, 7) is 3.33. The van der Waals surface area contributed by atoms with Crippen molar-refractivity contribution < 1.29 is 0 Å². The zero-order valence-corrected chi connectivity index (χ0v) is 13.4. The van der Waals surface area contributed by atoms with Gasteiger partial charge >= 0.3 is 0 Å². The highest BCUT2D eigenvalue weighted by Crippen LogP contribution is 2.38. The lowest BCUT2D eigenvalue weighted by Crippen LogP contribution is -2.19. The molecule has 3 rings (SSSR count). The van der Waals surface area contributed by atoms with E-state index in [9.17, 15) is 0 Å². The molecule has 0 spiro atoms. The maximum atomic E-state index is 3.67. The highest BCUT2D eigenvalue weighted by atomic mass is 79.9. The second-order valence-electron chi connectivity index (χ2n) is 5.43. The van der Waals surface area contributed by atoms with Crippen molar-refractivity contribution in [3.63, 3.8) is 0 Å². The van der Waals surface area contributed by atoms with E-state index in [1.807, 2.05) is 0 Å². The van der Waals surface area contributed by atoms with Gasteiger partial charge in [0.1, 0.15) is 0 Å². The van der Waals surface area contributed by atoms with Gasteiger partial charge in [-0.15, -0.1) is 0 Å². The molecule has 0 fully saturated rings. The molecular formula is C18H20BrN. The lowest BCUT2D eigenvalue weighted by Gasteiger charge is -2.14. The molecule has 2 aromatic rings. The first-order chi connectivity index (χ1) is 9.79. The Morgan fingerprint density at radius 1 is 1.20 bits per heavy atom. The van der Waals surface area contributed by atoms with Crippen LogP contribution in [-0.2, 0) is 6.42 Å². The number of fused-ring (bicyclic) bond motifs is 1. The van der Waals surface area contributed by atoms with Crippen LogP contribution in [-0.4, -0.2) is 6.54 Å². The van der Waals surface area contributed by atoms with Crippen LogP contribution >= 0.6 is 15.9 Å². The number of hydrogen-bond acceptors (Lipinski definition) is 1. The van der Waals surface area contributed by atoms with E-state index in [1.54, 1.807) is 0 Å². The predicted octanol–water partition coefficient (Wildman–Crippen LogP) is 5.10. The molecular weight excluding hydrogens is 310 g/mol. The van der Waals surface area contributed by atoms with E-state index >= 15 is 0 Å². The first-order valence-corrected chi connectivity index (χ1v) is 8.20. The fourth-order valence-electron chi connectivity index (χ4n) is 3.11. The molecule has 2 heteroatoms. The van der Waals surface area contributed by atoms with Crippen LogP contribution in [0.1, 0.15) is 36.9 Å². The molecule has 1 N–H and O–H groups in total. The Kier molecular flexibility index (Phi) is 4.23. The standard InChI is InChI=1S/C18H20BrN/c1-2-11-20-18-10-9-16-15(7-4-8-17(16)18)13-5-3-6-14(19)12-13/h3-8,12,18,20H,2,9-11H2,1H3. The SMILES string of the molecule is CCCNC1CCc2c(-c3cccc(Br)c3)cccc21. The third-order valence-electron chi connectivity index (χ3n) is 4.05. The molecule has 0 saturated heterocycles. The van der Waals surface area contributed by atoms with E-state index in [0.717, 1.165) is 11.0 Å². The Hall–Kier alpha value is -1.12. The van der Waals surface area contributed by atoms with Gasteiger partial charge in [0.15, 0.2) is 0 Å². The summed E-state index contributed by atoms with van der Waals surface area (Å²) in [6.07, 6.45) is 3.59. The lowest BCUT2D eigenvalue weighted by molar-refractivity contribution is 0.529. The minimum Gasteiger partial charge on any atom is -0.310 e. The molecule has 20 heavy (non-hydrogen) atoms. The monoisotopic (exact) mass is 329 g/mol. The summed E-state index contributed by atoms with van der Waals surface area (Å²) in [7, 11) is 0. The minimum atomic E-state index is 0.539. The highest BCUT2D eigenvalue weighted by Gasteiger charge is 2.24. The number of benzene rings is 2. The fraction of sp³-hybridized carbons (Fsp3) is 0.333. The van der Waals surface area contributed by atoms with E-state index in [2.05, 4.69) is 70.6 Å². The highest BCUT2D eigenvalue weighted by molar-refractivity contribution is 9.10. The van der Waals surface area contributed by atoms with Crippen LogP contribution in [0.2, 0.25) is 0 Å². The van der Waals surface area contributed by atoms with Gasteiger partial charge < -0.3 is 5.32 Å². The Balaban J connectivity index is 1.97. The average Bonchev–Trinajstić information content (AvgIpc) is 2.88. The summed E-state index contributed by atoms with van der Waals surface area (Å²) >= 11 is 3.57. The van der Waals surface area contributed by atoms with Gasteiger partial charge in [0, 0.05) is 10.5 Å². The molecule has 1 unspecified atom stereocenters. The largest absolute Gasteiger partial charge is 0.310 e. The molecule has 2 aromatic carbocycles. The van der Waals surface area contributed by atoms with Gasteiger partial charge in [-0.05, 0) is 60.2 Å². The topological polar surface area (TPSA) is 12.0 Å². The Bertz CT molecular complexity index is 606. The summed E-state index contributed by atoms with van der Waals surface area (Å²) in [4.78, 5) is 0. The summed E-state index contributed by atoms with van der Waals surface area (Å²) < 4.78 is 1.14. The van der Waals surface area contributed by atoms with Gasteiger partial charge in [0.25, 0.3) is 0 Å². The quantitative estimate of drug-likeness (QED) is 0.822. The van der Waals surface area contributed by atoms with Crippen molar-refractivity contribution in [2.24, 2.45) is 0 Å². The Morgan fingerprint density at radius 2 is 2.05 bits per heavy atom. The number of rotatable bonds is 4. The van der Waals surface area contributed by atoms with Crippen molar-refractivity contribution in [2.45, 2.75) is 32.2 Å². The molecule has 1 atom stereocenters. The molecule has 0 saturated carbocycles. The fourth-order valence-corrected chi connectivity index (χ4v) is 3.51. The molecule has 0 radical (unpaired) electrons. The second kappa shape index (κ2) is 6.11. The molecule has 1 aliphatic rings. The maximum absolute atomic E-state index is 3.67. The van der Waals surface area contributed by atoms with Crippen LogP contribution in [0.5, 0.6) is 0 Å². The normalized spacial score (nSPS) is 17.2. The van der Waals surface area contributed by atoms with Crippen molar-refractivity contribution in [1.29, 1.82) is 0 Å². The van der Waals surface area contributed by atoms with Crippen molar-refractivity contribution in [1.82, 2.24) is 5.32 Å². The van der Waals surface area contributed by atoms with E-state index < -0.39 is 0 Å². The van der Waals surface area contributed by atoms with Crippen LogP contribution in [0.15, 0.2) is 46.9 Å². The van der Waals surface area contributed by atoms with Gasteiger partial charge in [-0.2, -0.15) is 0 Å². The summed E-state index contributed by atoms with van der Waals surface area (Å²) in [5.74, 6) is 0.